The van der Waals surface area contributed by atoms with Gasteiger partial charge in [-0.1, -0.05) is 11.6 Å². The van der Waals surface area contributed by atoms with E-state index in [0.29, 0.717) is 19.4 Å². The van der Waals surface area contributed by atoms with Gasteiger partial charge in [0.1, 0.15) is 11.5 Å². The maximum absolute atomic E-state index is 11.9. The van der Waals surface area contributed by atoms with Crippen molar-refractivity contribution in [1.82, 2.24) is 0 Å². The number of carbonyl (C=O) groups excluding carboxylic acids is 1. The Hall–Kier alpha value is -2.20. The number of amides is 1. The first kappa shape index (κ1) is 17.2. The number of methoxy groups -OCH3 is 1. The molecule has 23 heavy (non-hydrogen) atoms. The molecular weight excluding hydrogens is 314 g/mol. The lowest BCUT2D eigenvalue weighted by Crippen LogP contribution is -2.12. The number of nitrogens with one attached hydrogen (secondary N) is 1. The van der Waals surface area contributed by atoms with Gasteiger partial charge in [0.2, 0.25) is 5.91 Å². The van der Waals surface area contributed by atoms with Crippen LogP contribution in [-0.2, 0) is 4.79 Å². The fraction of sp³-hybridized carbons (Fsp3) is 0.278. The van der Waals surface area contributed by atoms with E-state index in [1.807, 2.05) is 49.4 Å². The highest BCUT2D eigenvalue weighted by Crippen LogP contribution is 2.21. The summed E-state index contributed by atoms with van der Waals surface area (Å²) in [7, 11) is 1.61. The summed E-state index contributed by atoms with van der Waals surface area (Å²) in [5, 5.41) is 3.56. The van der Waals surface area contributed by atoms with E-state index in [4.69, 9.17) is 21.1 Å². The van der Waals surface area contributed by atoms with Crippen molar-refractivity contribution < 1.29 is 14.3 Å². The van der Waals surface area contributed by atoms with E-state index in [0.717, 1.165) is 27.8 Å². The first-order chi connectivity index (χ1) is 11.1. The van der Waals surface area contributed by atoms with Crippen molar-refractivity contribution in [3.63, 3.8) is 0 Å². The lowest BCUT2D eigenvalue weighted by Gasteiger charge is -2.08. The third kappa shape index (κ3) is 5.49. The topological polar surface area (TPSA) is 47.6 Å². The quantitative estimate of drug-likeness (QED) is 0.761. The summed E-state index contributed by atoms with van der Waals surface area (Å²) >= 11 is 5.96. The Morgan fingerprint density at radius 3 is 2.48 bits per heavy atom. The minimum atomic E-state index is -0.0361. The number of carbonyl (C=O) groups is 1. The first-order valence-electron chi connectivity index (χ1n) is 7.41. The van der Waals surface area contributed by atoms with Gasteiger partial charge in [-0.05, 0) is 61.4 Å². The minimum absolute atomic E-state index is 0.0361. The van der Waals surface area contributed by atoms with Crippen molar-refractivity contribution in [3.05, 3.63) is 53.1 Å². The Kier molecular flexibility index (Phi) is 6.29. The molecule has 0 aliphatic carbocycles. The van der Waals surface area contributed by atoms with Crippen molar-refractivity contribution in [3.8, 4) is 11.5 Å². The van der Waals surface area contributed by atoms with Crippen molar-refractivity contribution in [2.45, 2.75) is 19.8 Å². The molecule has 2 aromatic carbocycles. The predicted molar refractivity (Wildman–Crippen MR) is 92.5 cm³/mol. The number of halogens is 1. The highest BCUT2D eigenvalue weighted by molar-refractivity contribution is 6.31. The SMILES string of the molecule is COc1ccc(NC(=O)CCCOc2ccc(Cl)c(C)c2)cc1. The van der Waals surface area contributed by atoms with Gasteiger partial charge in [-0.3, -0.25) is 4.79 Å². The second kappa shape index (κ2) is 8.44. The molecule has 5 heteroatoms. The molecule has 0 aliphatic rings. The van der Waals surface area contributed by atoms with Gasteiger partial charge in [0.25, 0.3) is 0 Å². The van der Waals surface area contributed by atoms with Crippen LogP contribution in [0.4, 0.5) is 5.69 Å². The molecule has 0 aliphatic heterocycles. The fourth-order valence-corrected chi connectivity index (χ4v) is 2.15. The van der Waals surface area contributed by atoms with Crippen LogP contribution in [0.15, 0.2) is 42.5 Å². The number of hydrogen-bond donors (Lipinski definition) is 1. The van der Waals surface area contributed by atoms with Crippen LogP contribution in [0.2, 0.25) is 5.02 Å². The van der Waals surface area contributed by atoms with Gasteiger partial charge in [0.05, 0.1) is 13.7 Å². The minimum Gasteiger partial charge on any atom is -0.497 e. The molecule has 0 bridgehead atoms. The number of hydrogen-bond acceptors (Lipinski definition) is 3. The van der Waals surface area contributed by atoms with E-state index < -0.39 is 0 Å². The van der Waals surface area contributed by atoms with Crippen LogP contribution < -0.4 is 14.8 Å². The molecule has 1 N–H and O–H groups in total. The van der Waals surface area contributed by atoms with Crippen LogP contribution in [0.25, 0.3) is 0 Å². The fourth-order valence-electron chi connectivity index (χ4n) is 2.03. The summed E-state index contributed by atoms with van der Waals surface area (Å²) < 4.78 is 10.7. The van der Waals surface area contributed by atoms with Gasteiger partial charge in [-0.15, -0.1) is 0 Å². The van der Waals surface area contributed by atoms with Crippen LogP contribution in [0.5, 0.6) is 11.5 Å². The summed E-state index contributed by atoms with van der Waals surface area (Å²) in [4.78, 5) is 11.9. The average molecular weight is 334 g/mol. The second-order valence-electron chi connectivity index (χ2n) is 5.14. The van der Waals surface area contributed by atoms with Gasteiger partial charge >= 0.3 is 0 Å². The summed E-state index contributed by atoms with van der Waals surface area (Å²) in [6.45, 7) is 2.41. The van der Waals surface area contributed by atoms with Crippen LogP contribution >= 0.6 is 11.6 Å². The molecule has 4 nitrogen and oxygen atoms in total. The molecule has 0 heterocycles. The number of benzene rings is 2. The molecule has 1 amide bonds. The Bertz CT molecular complexity index is 656. The van der Waals surface area contributed by atoms with Crippen molar-refractivity contribution >= 4 is 23.2 Å². The summed E-state index contributed by atoms with van der Waals surface area (Å²) in [6.07, 6.45) is 1.04. The van der Waals surface area contributed by atoms with Gasteiger partial charge in [-0.2, -0.15) is 0 Å². The molecule has 2 aromatic rings. The van der Waals surface area contributed by atoms with E-state index in [1.54, 1.807) is 7.11 Å². The van der Waals surface area contributed by atoms with Crippen molar-refractivity contribution in [2.75, 3.05) is 19.0 Å². The molecule has 0 radical (unpaired) electrons. The first-order valence-corrected chi connectivity index (χ1v) is 7.79. The third-order valence-electron chi connectivity index (χ3n) is 3.32. The monoisotopic (exact) mass is 333 g/mol. The van der Waals surface area contributed by atoms with Gasteiger partial charge < -0.3 is 14.8 Å². The molecule has 0 aromatic heterocycles. The molecule has 122 valence electrons. The molecule has 0 saturated heterocycles. The number of ether oxygens (including phenoxy) is 2. The van der Waals surface area contributed by atoms with E-state index in [9.17, 15) is 4.79 Å². The normalized spacial score (nSPS) is 10.2. The highest BCUT2D eigenvalue weighted by atomic mass is 35.5. The standard InChI is InChI=1S/C18H20ClNO3/c1-13-12-16(9-10-17(13)19)23-11-3-4-18(21)20-14-5-7-15(22-2)8-6-14/h5-10,12H,3-4,11H2,1-2H3,(H,20,21). The highest BCUT2D eigenvalue weighted by Gasteiger charge is 2.04. The van der Waals surface area contributed by atoms with Gasteiger partial charge in [0, 0.05) is 17.1 Å². The maximum atomic E-state index is 11.9. The summed E-state index contributed by atoms with van der Waals surface area (Å²) in [6, 6.07) is 12.8. The van der Waals surface area contributed by atoms with Crippen LogP contribution in [-0.4, -0.2) is 19.6 Å². The Labute approximate surface area is 141 Å². The largest absolute Gasteiger partial charge is 0.497 e. The van der Waals surface area contributed by atoms with Gasteiger partial charge in [-0.25, -0.2) is 0 Å². The molecule has 0 unspecified atom stereocenters. The van der Waals surface area contributed by atoms with Crippen LogP contribution in [0, 0.1) is 6.92 Å². The molecule has 0 spiro atoms. The van der Waals surface area contributed by atoms with Crippen molar-refractivity contribution in [1.29, 1.82) is 0 Å². The maximum Gasteiger partial charge on any atom is 0.224 e. The molecule has 0 atom stereocenters. The van der Waals surface area contributed by atoms with Gasteiger partial charge in [0.15, 0.2) is 0 Å². The average Bonchev–Trinajstić information content (AvgIpc) is 2.55. The summed E-state index contributed by atoms with van der Waals surface area (Å²) in [5.41, 5.74) is 1.73. The Morgan fingerprint density at radius 1 is 1.13 bits per heavy atom. The third-order valence-corrected chi connectivity index (χ3v) is 3.74. The Morgan fingerprint density at radius 2 is 1.83 bits per heavy atom. The van der Waals surface area contributed by atoms with E-state index in [2.05, 4.69) is 5.32 Å². The zero-order valence-electron chi connectivity index (χ0n) is 13.3. The zero-order valence-corrected chi connectivity index (χ0v) is 14.0. The van der Waals surface area contributed by atoms with Crippen LogP contribution in [0.1, 0.15) is 18.4 Å². The molecule has 0 fully saturated rings. The van der Waals surface area contributed by atoms with E-state index in [1.165, 1.54) is 0 Å². The van der Waals surface area contributed by atoms with E-state index in [-0.39, 0.29) is 5.91 Å². The predicted octanol–water partition coefficient (Wildman–Crippen LogP) is 4.45. The summed E-state index contributed by atoms with van der Waals surface area (Å²) in [5.74, 6) is 1.49. The smallest absolute Gasteiger partial charge is 0.224 e. The molecular formula is C18H20ClNO3. The van der Waals surface area contributed by atoms with Crippen molar-refractivity contribution in [2.24, 2.45) is 0 Å². The molecule has 2 rings (SSSR count). The Balaban J connectivity index is 1.70. The number of aryl methyl sites for hydroxylation is 1. The van der Waals surface area contributed by atoms with E-state index >= 15 is 0 Å². The number of anilines is 1. The lowest BCUT2D eigenvalue weighted by atomic mass is 10.2. The molecule has 0 saturated carbocycles. The lowest BCUT2D eigenvalue weighted by molar-refractivity contribution is -0.116. The second-order valence-corrected chi connectivity index (χ2v) is 5.55. The number of rotatable bonds is 7. The van der Waals surface area contributed by atoms with Crippen LogP contribution in [0.3, 0.4) is 0 Å². The zero-order chi connectivity index (χ0) is 16.7.